The van der Waals surface area contributed by atoms with Crippen LogP contribution in [0.5, 0.6) is 0 Å². The summed E-state index contributed by atoms with van der Waals surface area (Å²) < 4.78 is 0. The van der Waals surface area contributed by atoms with Crippen molar-refractivity contribution in [3.8, 4) is 0 Å². The van der Waals surface area contributed by atoms with Crippen LogP contribution in [0.25, 0.3) is 0 Å². The summed E-state index contributed by atoms with van der Waals surface area (Å²) in [5.41, 5.74) is 1.24. The minimum absolute atomic E-state index is 0.175. The highest BCUT2D eigenvalue weighted by Crippen LogP contribution is 2.16. The molecular weight excluding hydrogens is 246 g/mol. The molecule has 0 spiro atoms. The molecule has 3 nitrogen and oxygen atoms in total. The zero-order valence-corrected chi connectivity index (χ0v) is 12.0. The molecule has 1 unspecified atom stereocenters. The third-order valence-electron chi connectivity index (χ3n) is 2.78. The molecule has 0 amide bonds. The van der Waals surface area contributed by atoms with Crippen LogP contribution in [0.2, 0.25) is 0 Å². The summed E-state index contributed by atoms with van der Waals surface area (Å²) in [6.07, 6.45) is 2.46. The molecule has 0 heterocycles. The largest absolute Gasteiger partial charge is 0.394 e. The number of nitrogens with zero attached hydrogens (tertiary/aromatic N) is 1. The van der Waals surface area contributed by atoms with Crippen molar-refractivity contribution in [2.45, 2.75) is 30.9 Å². The molecule has 0 aromatic heterocycles. The highest BCUT2D eigenvalue weighted by molar-refractivity contribution is 7.98. The van der Waals surface area contributed by atoms with Crippen molar-refractivity contribution >= 4 is 11.8 Å². The smallest absolute Gasteiger partial charge is 0.0897 e. The molecular formula is C14H23NO2S. The first-order valence-electron chi connectivity index (χ1n) is 6.33. The van der Waals surface area contributed by atoms with E-state index in [0.29, 0.717) is 6.54 Å². The fourth-order valence-electron chi connectivity index (χ4n) is 1.90. The molecule has 2 N–H and O–H groups in total. The molecule has 1 aromatic carbocycles. The van der Waals surface area contributed by atoms with Gasteiger partial charge in [-0.2, -0.15) is 0 Å². The maximum absolute atomic E-state index is 9.52. The highest BCUT2D eigenvalue weighted by atomic mass is 32.2. The van der Waals surface area contributed by atoms with Crippen LogP contribution in [0.15, 0.2) is 29.2 Å². The second kappa shape index (κ2) is 8.53. The molecule has 102 valence electrons. The summed E-state index contributed by atoms with van der Waals surface area (Å²) >= 11 is 1.73. The monoisotopic (exact) mass is 269 g/mol. The van der Waals surface area contributed by atoms with Crippen LogP contribution in [-0.4, -0.2) is 47.2 Å². The Labute approximate surface area is 114 Å². The Morgan fingerprint density at radius 2 is 1.94 bits per heavy atom. The molecule has 0 aliphatic carbocycles. The summed E-state index contributed by atoms with van der Waals surface area (Å²) in [5.74, 6) is 0. The predicted octanol–water partition coefficient (Wildman–Crippen LogP) is 1.97. The normalized spacial score (nSPS) is 12.9. The third-order valence-corrected chi connectivity index (χ3v) is 3.53. The van der Waals surface area contributed by atoms with E-state index < -0.39 is 6.10 Å². The van der Waals surface area contributed by atoms with Crippen LogP contribution in [-0.2, 0) is 6.54 Å². The van der Waals surface area contributed by atoms with E-state index >= 15 is 0 Å². The lowest BCUT2D eigenvalue weighted by Gasteiger charge is -2.24. The van der Waals surface area contributed by atoms with Crippen molar-refractivity contribution in [3.63, 3.8) is 0 Å². The second-order valence-corrected chi connectivity index (χ2v) is 5.30. The van der Waals surface area contributed by atoms with Crippen molar-refractivity contribution in [3.05, 3.63) is 29.8 Å². The van der Waals surface area contributed by atoms with Gasteiger partial charge in [-0.25, -0.2) is 0 Å². The lowest BCUT2D eigenvalue weighted by Crippen LogP contribution is -2.34. The van der Waals surface area contributed by atoms with Gasteiger partial charge in [0, 0.05) is 18.0 Å². The molecule has 0 aliphatic heterocycles. The number of hydrogen-bond donors (Lipinski definition) is 2. The fourth-order valence-corrected chi connectivity index (χ4v) is 2.30. The molecule has 18 heavy (non-hydrogen) atoms. The van der Waals surface area contributed by atoms with Crippen LogP contribution in [0.3, 0.4) is 0 Å². The number of thioether (sulfide) groups is 1. The van der Waals surface area contributed by atoms with Gasteiger partial charge in [0.1, 0.15) is 0 Å². The predicted molar refractivity (Wildman–Crippen MR) is 76.9 cm³/mol. The molecule has 0 saturated carbocycles. The van der Waals surface area contributed by atoms with Crippen molar-refractivity contribution < 1.29 is 10.2 Å². The summed E-state index contributed by atoms with van der Waals surface area (Å²) in [7, 11) is 0. The molecule has 1 rings (SSSR count). The van der Waals surface area contributed by atoms with E-state index in [1.54, 1.807) is 11.8 Å². The van der Waals surface area contributed by atoms with E-state index in [1.165, 1.54) is 10.5 Å². The van der Waals surface area contributed by atoms with Gasteiger partial charge in [0.15, 0.2) is 0 Å². The zero-order valence-electron chi connectivity index (χ0n) is 11.2. The Morgan fingerprint density at radius 1 is 1.28 bits per heavy atom. The van der Waals surface area contributed by atoms with E-state index in [-0.39, 0.29) is 6.61 Å². The first kappa shape index (κ1) is 15.5. The van der Waals surface area contributed by atoms with Gasteiger partial charge in [-0.15, -0.1) is 11.8 Å². The quantitative estimate of drug-likeness (QED) is 0.708. The molecule has 0 fully saturated rings. The SMILES string of the molecule is CCCN(Cc1ccc(SC)cc1)CC(O)CO. The zero-order chi connectivity index (χ0) is 13.4. The topological polar surface area (TPSA) is 43.7 Å². The van der Waals surface area contributed by atoms with Gasteiger partial charge in [-0.05, 0) is 36.9 Å². The average molecular weight is 269 g/mol. The van der Waals surface area contributed by atoms with E-state index in [2.05, 4.69) is 42.3 Å². The molecule has 0 saturated heterocycles. The van der Waals surface area contributed by atoms with Crippen LogP contribution < -0.4 is 0 Å². The van der Waals surface area contributed by atoms with Crippen molar-refractivity contribution in [1.29, 1.82) is 0 Å². The molecule has 0 bridgehead atoms. The number of rotatable bonds is 8. The van der Waals surface area contributed by atoms with Crippen LogP contribution >= 0.6 is 11.8 Å². The van der Waals surface area contributed by atoms with Gasteiger partial charge in [0.25, 0.3) is 0 Å². The van der Waals surface area contributed by atoms with Gasteiger partial charge in [0.2, 0.25) is 0 Å². The molecule has 0 aliphatic rings. The van der Waals surface area contributed by atoms with Crippen molar-refractivity contribution in [2.24, 2.45) is 0 Å². The number of aliphatic hydroxyl groups excluding tert-OH is 2. The Morgan fingerprint density at radius 3 is 2.44 bits per heavy atom. The average Bonchev–Trinajstić information content (AvgIpc) is 2.39. The van der Waals surface area contributed by atoms with Gasteiger partial charge < -0.3 is 10.2 Å². The third kappa shape index (κ3) is 5.40. The number of aliphatic hydroxyl groups is 2. The standard InChI is InChI=1S/C14H23NO2S/c1-3-8-15(10-13(17)11-16)9-12-4-6-14(18-2)7-5-12/h4-7,13,16-17H,3,8-11H2,1-2H3. The van der Waals surface area contributed by atoms with Gasteiger partial charge in [-0.1, -0.05) is 19.1 Å². The van der Waals surface area contributed by atoms with Crippen molar-refractivity contribution in [2.75, 3.05) is 26.0 Å². The van der Waals surface area contributed by atoms with Crippen molar-refractivity contribution in [1.82, 2.24) is 4.90 Å². The van der Waals surface area contributed by atoms with E-state index in [4.69, 9.17) is 5.11 Å². The highest BCUT2D eigenvalue weighted by Gasteiger charge is 2.10. The summed E-state index contributed by atoms with van der Waals surface area (Å²) in [6, 6.07) is 8.48. The minimum Gasteiger partial charge on any atom is -0.394 e. The van der Waals surface area contributed by atoms with E-state index in [1.807, 2.05) is 0 Å². The first-order chi connectivity index (χ1) is 8.69. The number of benzene rings is 1. The lowest BCUT2D eigenvalue weighted by atomic mass is 10.2. The van der Waals surface area contributed by atoms with Crippen LogP contribution in [0.1, 0.15) is 18.9 Å². The first-order valence-corrected chi connectivity index (χ1v) is 7.56. The summed E-state index contributed by atoms with van der Waals surface area (Å²) in [4.78, 5) is 3.44. The maximum atomic E-state index is 9.52. The van der Waals surface area contributed by atoms with Crippen LogP contribution in [0, 0.1) is 0 Å². The van der Waals surface area contributed by atoms with Gasteiger partial charge >= 0.3 is 0 Å². The molecule has 0 radical (unpaired) electrons. The van der Waals surface area contributed by atoms with Crippen LogP contribution in [0.4, 0.5) is 0 Å². The Kier molecular flexibility index (Phi) is 7.35. The summed E-state index contributed by atoms with van der Waals surface area (Å²) in [6.45, 7) is 4.22. The Hall–Kier alpha value is -0.550. The van der Waals surface area contributed by atoms with E-state index in [0.717, 1.165) is 19.5 Å². The van der Waals surface area contributed by atoms with Gasteiger partial charge in [-0.3, -0.25) is 4.90 Å². The molecule has 1 atom stereocenters. The molecule has 4 heteroatoms. The lowest BCUT2D eigenvalue weighted by molar-refractivity contribution is 0.0567. The fraction of sp³-hybridized carbons (Fsp3) is 0.571. The number of hydrogen-bond acceptors (Lipinski definition) is 4. The van der Waals surface area contributed by atoms with E-state index in [9.17, 15) is 5.11 Å². The minimum atomic E-state index is -0.651. The second-order valence-electron chi connectivity index (χ2n) is 4.42. The molecule has 1 aromatic rings. The maximum Gasteiger partial charge on any atom is 0.0897 e. The summed E-state index contributed by atoms with van der Waals surface area (Å²) in [5, 5.41) is 18.4. The Bertz CT molecular complexity index is 329. The Balaban J connectivity index is 2.58. The van der Waals surface area contributed by atoms with Gasteiger partial charge in [0.05, 0.1) is 12.7 Å².